The Morgan fingerprint density at radius 1 is 0.806 bits per heavy atom. The molecule has 0 spiro atoms. The van der Waals surface area contributed by atoms with Gasteiger partial charge in [-0.1, -0.05) is 48.5 Å². The molecule has 4 nitrogen and oxygen atoms in total. The molecule has 1 fully saturated rings. The molecule has 3 aromatic carbocycles. The van der Waals surface area contributed by atoms with Crippen LogP contribution in [0.25, 0.3) is 11.1 Å². The quantitative estimate of drug-likeness (QED) is 0.583. The van der Waals surface area contributed by atoms with Crippen molar-refractivity contribution in [3.63, 3.8) is 0 Å². The molecule has 0 bridgehead atoms. The molecule has 1 aliphatic carbocycles. The molecule has 0 aromatic heterocycles. The van der Waals surface area contributed by atoms with Crippen LogP contribution < -0.4 is 10.6 Å². The van der Waals surface area contributed by atoms with E-state index >= 15 is 0 Å². The molecule has 3 aromatic rings. The highest BCUT2D eigenvalue weighted by molar-refractivity contribution is 5.95. The molecular weight excluding hydrogens is 391 g/mol. The topological polar surface area (TPSA) is 58.2 Å². The zero-order valence-corrected chi connectivity index (χ0v) is 17.2. The maximum Gasteiger partial charge on any atom is 0.251 e. The highest BCUT2D eigenvalue weighted by Crippen LogP contribution is 2.28. The van der Waals surface area contributed by atoms with Gasteiger partial charge in [-0.2, -0.15) is 0 Å². The van der Waals surface area contributed by atoms with Crippen molar-refractivity contribution >= 4 is 17.5 Å². The number of halogens is 1. The average Bonchev–Trinajstić information content (AvgIpc) is 2.80. The minimum atomic E-state index is -0.290. The fourth-order valence-electron chi connectivity index (χ4n) is 4.06. The average molecular weight is 416 g/mol. The van der Waals surface area contributed by atoms with Crippen molar-refractivity contribution in [1.82, 2.24) is 5.32 Å². The van der Waals surface area contributed by atoms with Gasteiger partial charge in [-0.15, -0.1) is 0 Å². The first-order valence-corrected chi connectivity index (χ1v) is 10.6. The summed E-state index contributed by atoms with van der Waals surface area (Å²) < 4.78 is 14.1. The van der Waals surface area contributed by atoms with Crippen molar-refractivity contribution in [2.75, 3.05) is 5.32 Å². The Balaban J connectivity index is 1.32. The SMILES string of the molecule is O=C(NC1CCC(C(=O)Nc2cccc(-c3ccccc3F)c2)CC1)c1ccccc1. The molecule has 5 heteroatoms. The van der Waals surface area contributed by atoms with E-state index in [1.54, 1.807) is 36.4 Å². The first-order chi connectivity index (χ1) is 15.1. The highest BCUT2D eigenvalue weighted by atomic mass is 19.1. The van der Waals surface area contributed by atoms with Crippen molar-refractivity contribution < 1.29 is 14.0 Å². The number of hydrogen-bond acceptors (Lipinski definition) is 2. The minimum absolute atomic E-state index is 0.0291. The fraction of sp³-hybridized carbons (Fsp3) is 0.231. The smallest absolute Gasteiger partial charge is 0.251 e. The van der Waals surface area contributed by atoms with Crippen molar-refractivity contribution in [3.8, 4) is 11.1 Å². The number of carbonyl (C=O) groups is 2. The Kier molecular flexibility index (Phi) is 6.41. The van der Waals surface area contributed by atoms with Crippen LogP contribution in [0.15, 0.2) is 78.9 Å². The first kappa shape index (κ1) is 20.8. The lowest BCUT2D eigenvalue weighted by Gasteiger charge is -2.28. The molecule has 2 amide bonds. The lowest BCUT2D eigenvalue weighted by molar-refractivity contribution is -0.120. The molecule has 0 atom stereocenters. The van der Waals surface area contributed by atoms with E-state index in [1.165, 1.54) is 6.07 Å². The van der Waals surface area contributed by atoms with E-state index in [2.05, 4.69) is 10.6 Å². The summed E-state index contributed by atoms with van der Waals surface area (Å²) in [6.45, 7) is 0. The van der Waals surface area contributed by atoms with Crippen LogP contribution in [0.2, 0.25) is 0 Å². The summed E-state index contributed by atoms with van der Waals surface area (Å²) in [5, 5.41) is 6.04. The summed E-state index contributed by atoms with van der Waals surface area (Å²) in [5.74, 6) is -0.485. The molecule has 0 heterocycles. The van der Waals surface area contributed by atoms with Gasteiger partial charge in [0.1, 0.15) is 5.82 Å². The molecule has 158 valence electrons. The molecule has 1 saturated carbocycles. The maximum absolute atomic E-state index is 14.1. The molecule has 4 rings (SSSR count). The number of rotatable bonds is 5. The monoisotopic (exact) mass is 416 g/mol. The van der Waals surface area contributed by atoms with Gasteiger partial charge >= 0.3 is 0 Å². The number of benzene rings is 3. The summed E-state index contributed by atoms with van der Waals surface area (Å²) in [6.07, 6.45) is 2.98. The third-order valence-electron chi connectivity index (χ3n) is 5.78. The predicted molar refractivity (Wildman–Crippen MR) is 120 cm³/mol. The molecular formula is C26H25FN2O2. The van der Waals surface area contributed by atoms with Crippen molar-refractivity contribution in [3.05, 3.63) is 90.2 Å². The van der Waals surface area contributed by atoms with Gasteiger partial charge in [0.05, 0.1) is 0 Å². The molecule has 2 N–H and O–H groups in total. The third kappa shape index (κ3) is 5.18. The van der Waals surface area contributed by atoms with Crippen LogP contribution in [0.3, 0.4) is 0 Å². The summed E-state index contributed by atoms with van der Waals surface area (Å²) in [7, 11) is 0. The van der Waals surface area contributed by atoms with Gasteiger partial charge in [-0.3, -0.25) is 9.59 Å². The van der Waals surface area contributed by atoms with Gasteiger partial charge in [-0.25, -0.2) is 4.39 Å². The second kappa shape index (κ2) is 9.56. The summed E-state index contributed by atoms with van der Waals surface area (Å²) in [4.78, 5) is 25.1. The fourth-order valence-corrected chi connectivity index (χ4v) is 4.06. The molecule has 0 unspecified atom stereocenters. The lowest BCUT2D eigenvalue weighted by atomic mass is 9.85. The zero-order valence-electron chi connectivity index (χ0n) is 17.2. The second-order valence-electron chi connectivity index (χ2n) is 7.94. The van der Waals surface area contributed by atoms with Crippen LogP contribution in [0.1, 0.15) is 36.0 Å². The molecule has 31 heavy (non-hydrogen) atoms. The molecule has 0 aliphatic heterocycles. The van der Waals surface area contributed by atoms with Crippen molar-refractivity contribution in [2.45, 2.75) is 31.7 Å². The summed E-state index contributed by atoms with van der Waals surface area (Å²) in [5.41, 5.74) is 2.54. The largest absolute Gasteiger partial charge is 0.349 e. The van der Waals surface area contributed by atoms with Crippen LogP contribution in [0.5, 0.6) is 0 Å². The normalized spacial score (nSPS) is 18.2. The highest BCUT2D eigenvalue weighted by Gasteiger charge is 2.27. The molecule has 0 radical (unpaired) electrons. The Morgan fingerprint density at radius 2 is 1.52 bits per heavy atom. The van der Waals surface area contributed by atoms with Crippen LogP contribution in [0.4, 0.5) is 10.1 Å². The zero-order chi connectivity index (χ0) is 21.6. The number of amides is 2. The Morgan fingerprint density at radius 3 is 2.26 bits per heavy atom. The maximum atomic E-state index is 14.1. The summed E-state index contributed by atoms with van der Waals surface area (Å²) in [6, 6.07) is 23.1. The van der Waals surface area contributed by atoms with E-state index in [0.717, 1.165) is 31.2 Å². The van der Waals surface area contributed by atoms with E-state index in [9.17, 15) is 14.0 Å². The van der Waals surface area contributed by atoms with Gasteiger partial charge in [0.15, 0.2) is 0 Å². The second-order valence-corrected chi connectivity index (χ2v) is 7.94. The van der Waals surface area contributed by atoms with E-state index in [-0.39, 0.29) is 29.6 Å². The van der Waals surface area contributed by atoms with Crippen molar-refractivity contribution in [1.29, 1.82) is 0 Å². The number of hydrogen-bond donors (Lipinski definition) is 2. The van der Waals surface area contributed by atoms with Crippen LogP contribution in [-0.2, 0) is 4.79 Å². The van der Waals surface area contributed by atoms with Gasteiger partial charge in [0.25, 0.3) is 5.91 Å². The van der Waals surface area contributed by atoms with Crippen molar-refractivity contribution in [2.24, 2.45) is 5.92 Å². The Hall–Kier alpha value is -3.47. The summed E-state index contributed by atoms with van der Waals surface area (Å²) >= 11 is 0. The van der Waals surface area contributed by atoms with E-state index in [1.807, 2.05) is 36.4 Å². The number of carbonyl (C=O) groups excluding carboxylic acids is 2. The van der Waals surface area contributed by atoms with E-state index in [4.69, 9.17) is 0 Å². The van der Waals surface area contributed by atoms with Gasteiger partial charge < -0.3 is 10.6 Å². The minimum Gasteiger partial charge on any atom is -0.349 e. The van der Waals surface area contributed by atoms with E-state index in [0.29, 0.717) is 16.8 Å². The van der Waals surface area contributed by atoms with Gasteiger partial charge in [0.2, 0.25) is 5.91 Å². The van der Waals surface area contributed by atoms with Gasteiger partial charge in [-0.05, 0) is 61.6 Å². The Labute approximate surface area is 181 Å². The lowest BCUT2D eigenvalue weighted by Crippen LogP contribution is -2.39. The van der Waals surface area contributed by atoms with E-state index < -0.39 is 0 Å². The standard InChI is InChI=1S/C26H25FN2O2/c27-24-12-5-4-11-23(24)20-9-6-10-22(17-20)29-26(31)19-13-15-21(16-14-19)28-25(30)18-7-2-1-3-8-18/h1-12,17,19,21H,13-16H2,(H,28,30)(H,29,31). The Bertz CT molecular complexity index is 1060. The predicted octanol–water partition coefficient (Wildman–Crippen LogP) is 5.42. The first-order valence-electron chi connectivity index (χ1n) is 10.6. The van der Waals surface area contributed by atoms with Crippen LogP contribution in [0, 0.1) is 11.7 Å². The number of nitrogens with one attached hydrogen (secondary N) is 2. The van der Waals surface area contributed by atoms with Gasteiger partial charge in [0, 0.05) is 28.8 Å². The molecule has 1 aliphatic rings. The molecule has 0 saturated heterocycles. The van der Waals surface area contributed by atoms with Crippen LogP contribution >= 0.6 is 0 Å². The third-order valence-corrected chi connectivity index (χ3v) is 5.78. The van der Waals surface area contributed by atoms with Crippen LogP contribution in [-0.4, -0.2) is 17.9 Å². The number of anilines is 1.